The molecule has 0 fully saturated rings. The second-order valence-electron chi connectivity index (χ2n) is 10.4. The largest absolute Gasteiger partial charge is 0.352 e. The molecule has 4 heteroatoms. The summed E-state index contributed by atoms with van der Waals surface area (Å²) in [5, 5.41) is 3.06. The molecule has 0 saturated carbocycles. The van der Waals surface area contributed by atoms with Crippen molar-refractivity contribution in [3.63, 3.8) is 0 Å². The SMILES string of the molecule is CCCCCCCCCCCCCCCCCCCCCC(=O)NC(CC(C)N)C(C)N. The van der Waals surface area contributed by atoms with E-state index in [4.69, 9.17) is 11.5 Å². The average molecular weight is 454 g/mol. The Morgan fingerprint density at radius 1 is 0.625 bits per heavy atom. The van der Waals surface area contributed by atoms with E-state index in [0.29, 0.717) is 6.42 Å². The number of carbonyl (C=O) groups excluding carboxylic acids is 1. The molecule has 3 atom stereocenters. The van der Waals surface area contributed by atoms with Gasteiger partial charge in [-0.15, -0.1) is 0 Å². The lowest BCUT2D eigenvalue weighted by Crippen LogP contribution is -2.48. The van der Waals surface area contributed by atoms with Crippen LogP contribution in [0, 0.1) is 0 Å². The maximum atomic E-state index is 12.1. The van der Waals surface area contributed by atoms with Crippen LogP contribution in [0.2, 0.25) is 0 Å². The third kappa shape index (κ3) is 22.6. The number of amides is 1. The van der Waals surface area contributed by atoms with Gasteiger partial charge in [0.05, 0.1) is 0 Å². The number of carbonyl (C=O) groups is 1. The van der Waals surface area contributed by atoms with Gasteiger partial charge in [-0.3, -0.25) is 4.79 Å². The van der Waals surface area contributed by atoms with Gasteiger partial charge in [0.25, 0.3) is 0 Å². The molecule has 0 rings (SSSR count). The van der Waals surface area contributed by atoms with E-state index in [-0.39, 0.29) is 24.0 Å². The van der Waals surface area contributed by atoms with Crippen molar-refractivity contribution in [3.05, 3.63) is 0 Å². The summed E-state index contributed by atoms with van der Waals surface area (Å²) in [6.45, 7) is 6.18. The summed E-state index contributed by atoms with van der Waals surface area (Å²) in [5.41, 5.74) is 11.8. The lowest BCUT2D eigenvalue weighted by molar-refractivity contribution is -0.122. The normalized spacial score (nSPS) is 14.3. The lowest BCUT2D eigenvalue weighted by Gasteiger charge is -2.24. The van der Waals surface area contributed by atoms with Crippen molar-refractivity contribution in [1.29, 1.82) is 0 Å². The van der Waals surface area contributed by atoms with Gasteiger partial charge in [-0.2, -0.15) is 0 Å². The molecule has 0 aromatic heterocycles. The molecule has 1 amide bonds. The van der Waals surface area contributed by atoms with Crippen molar-refractivity contribution in [3.8, 4) is 0 Å². The fourth-order valence-corrected chi connectivity index (χ4v) is 4.45. The van der Waals surface area contributed by atoms with E-state index in [1.807, 2.05) is 13.8 Å². The summed E-state index contributed by atoms with van der Waals surface area (Å²) in [7, 11) is 0. The Kier molecular flexibility index (Phi) is 23.1. The maximum absolute atomic E-state index is 12.1. The van der Waals surface area contributed by atoms with E-state index in [1.165, 1.54) is 109 Å². The fraction of sp³-hybridized carbons (Fsp3) is 0.964. The average Bonchev–Trinajstić information content (AvgIpc) is 2.74. The monoisotopic (exact) mass is 453 g/mol. The van der Waals surface area contributed by atoms with Gasteiger partial charge in [-0.25, -0.2) is 0 Å². The summed E-state index contributed by atoms with van der Waals surface area (Å²) in [6.07, 6.45) is 27.4. The van der Waals surface area contributed by atoms with Crippen molar-refractivity contribution < 1.29 is 4.79 Å². The molecule has 0 aliphatic heterocycles. The summed E-state index contributed by atoms with van der Waals surface area (Å²) in [5.74, 6) is 0.125. The van der Waals surface area contributed by atoms with Crippen molar-refractivity contribution in [2.75, 3.05) is 0 Å². The van der Waals surface area contributed by atoms with E-state index in [1.54, 1.807) is 0 Å². The Bertz CT molecular complexity index is 398. The van der Waals surface area contributed by atoms with E-state index < -0.39 is 0 Å². The van der Waals surface area contributed by atoms with Gasteiger partial charge in [-0.1, -0.05) is 122 Å². The number of unbranched alkanes of at least 4 members (excludes halogenated alkanes) is 18. The topological polar surface area (TPSA) is 81.1 Å². The zero-order valence-corrected chi connectivity index (χ0v) is 22.1. The summed E-state index contributed by atoms with van der Waals surface area (Å²) in [6, 6.07) is -0.0147. The highest BCUT2D eigenvalue weighted by Gasteiger charge is 2.17. The summed E-state index contributed by atoms with van der Waals surface area (Å²) in [4.78, 5) is 12.1. The second kappa shape index (κ2) is 23.5. The number of hydrogen-bond acceptors (Lipinski definition) is 3. The van der Waals surface area contributed by atoms with Crippen molar-refractivity contribution >= 4 is 5.91 Å². The van der Waals surface area contributed by atoms with Crippen LogP contribution in [0.4, 0.5) is 0 Å². The molecule has 192 valence electrons. The maximum Gasteiger partial charge on any atom is 0.220 e. The molecule has 0 radical (unpaired) electrons. The third-order valence-corrected chi connectivity index (χ3v) is 6.61. The van der Waals surface area contributed by atoms with Crippen molar-refractivity contribution in [1.82, 2.24) is 5.32 Å². The van der Waals surface area contributed by atoms with Gasteiger partial charge in [0.2, 0.25) is 5.91 Å². The van der Waals surface area contributed by atoms with Gasteiger partial charge in [0, 0.05) is 24.5 Å². The molecule has 0 aromatic rings. The number of hydrogen-bond donors (Lipinski definition) is 3. The molecule has 4 nitrogen and oxygen atoms in total. The molecular formula is C28H59N3O. The van der Waals surface area contributed by atoms with E-state index in [9.17, 15) is 4.79 Å². The van der Waals surface area contributed by atoms with Gasteiger partial charge in [0.1, 0.15) is 0 Å². The fourth-order valence-electron chi connectivity index (χ4n) is 4.45. The molecule has 0 spiro atoms. The Morgan fingerprint density at radius 2 is 0.969 bits per heavy atom. The van der Waals surface area contributed by atoms with Crippen molar-refractivity contribution in [2.24, 2.45) is 11.5 Å². The zero-order valence-electron chi connectivity index (χ0n) is 22.1. The first-order chi connectivity index (χ1) is 15.5. The molecule has 3 unspecified atom stereocenters. The summed E-state index contributed by atoms with van der Waals surface area (Å²) < 4.78 is 0. The molecule has 0 aliphatic rings. The highest BCUT2D eigenvalue weighted by Crippen LogP contribution is 2.15. The van der Waals surface area contributed by atoms with Crippen LogP contribution in [0.1, 0.15) is 156 Å². The molecule has 0 aromatic carbocycles. The predicted molar refractivity (Wildman–Crippen MR) is 142 cm³/mol. The third-order valence-electron chi connectivity index (χ3n) is 6.61. The molecular weight excluding hydrogens is 394 g/mol. The minimum absolute atomic E-state index is 0.0113. The van der Waals surface area contributed by atoms with Crippen molar-refractivity contribution in [2.45, 2.75) is 174 Å². The molecule has 0 saturated heterocycles. The molecule has 32 heavy (non-hydrogen) atoms. The predicted octanol–water partition coefficient (Wildman–Crippen LogP) is 7.38. The Labute approximate surface area is 201 Å². The smallest absolute Gasteiger partial charge is 0.220 e. The van der Waals surface area contributed by atoms with Gasteiger partial charge in [0.15, 0.2) is 0 Å². The quantitative estimate of drug-likeness (QED) is 0.133. The molecule has 0 heterocycles. The van der Waals surface area contributed by atoms with Gasteiger partial charge in [-0.05, 0) is 26.7 Å². The van der Waals surface area contributed by atoms with Gasteiger partial charge < -0.3 is 16.8 Å². The van der Waals surface area contributed by atoms with Crippen LogP contribution in [0.25, 0.3) is 0 Å². The molecule has 0 bridgehead atoms. The minimum Gasteiger partial charge on any atom is -0.352 e. The first-order valence-corrected chi connectivity index (χ1v) is 14.3. The zero-order chi connectivity index (χ0) is 23.9. The van der Waals surface area contributed by atoms with Crippen LogP contribution >= 0.6 is 0 Å². The molecule has 5 N–H and O–H groups in total. The lowest BCUT2D eigenvalue weighted by atomic mass is 10.0. The van der Waals surface area contributed by atoms with Crippen LogP contribution in [0.15, 0.2) is 0 Å². The first-order valence-electron chi connectivity index (χ1n) is 14.3. The van der Waals surface area contributed by atoms with Crippen LogP contribution in [-0.2, 0) is 4.79 Å². The van der Waals surface area contributed by atoms with Crippen LogP contribution < -0.4 is 16.8 Å². The second-order valence-corrected chi connectivity index (χ2v) is 10.4. The number of rotatable bonds is 24. The summed E-state index contributed by atoms with van der Waals surface area (Å²) >= 11 is 0. The van der Waals surface area contributed by atoms with E-state index >= 15 is 0 Å². The standard InChI is InChI=1S/C28H59N3O/c1-4-5-6-7-8-9-10-11-12-13-14-15-16-17-18-19-20-21-22-23-28(32)31-27(26(3)30)24-25(2)29/h25-27H,4-24,29-30H2,1-3H3,(H,31,32). The van der Waals surface area contributed by atoms with E-state index in [2.05, 4.69) is 12.2 Å². The number of nitrogens with two attached hydrogens (primary N) is 2. The highest BCUT2D eigenvalue weighted by molar-refractivity contribution is 5.76. The minimum atomic E-state index is -0.0601. The Morgan fingerprint density at radius 3 is 1.28 bits per heavy atom. The number of nitrogens with one attached hydrogen (secondary N) is 1. The molecule has 0 aliphatic carbocycles. The Balaban J connectivity index is 3.31. The highest BCUT2D eigenvalue weighted by atomic mass is 16.1. The van der Waals surface area contributed by atoms with Crippen LogP contribution in [0.3, 0.4) is 0 Å². The van der Waals surface area contributed by atoms with Crippen LogP contribution in [0.5, 0.6) is 0 Å². The van der Waals surface area contributed by atoms with Gasteiger partial charge >= 0.3 is 0 Å². The van der Waals surface area contributed by atoms with E-state index in [0.717, 1.165) is 19.3 Å². The first kappa shape index (κ1) is 31.4. The van der Waals surface area contributed by atoms with Crippen LogP contribution in [-0.4, -0.2) is 24.0 Å². The Hall–Kier alpha value is -0.610.